The Morgan fingerprint density at radius 2 is 1.94 bits per heavy atom. The van der Waals surface area contributed by atoms with E-state index in [1.165, 1.54) is 11.1 Å². The summed E-state index contributed by atoms with van der Waals surface area (Å²) >= 11 is 0. The first-order chi connectivity index (χ1) is 7.43. The van der Waals surface area contributed by atoms with E-state index in [2.05, 4.69) is 45.7 Å². The Morgan fingerprint density at radius 1 is 1.31 bits per heavy atom. The van der Waals surface area contributed by atoms with Crippen LogP contribution < -0.4 is 4.74 Å². The van der Waals surface area contributed by atoms with Crippen LogP contribution in [0.1, 0.15) is 44.4 Å². The van der Waals surface area contributed by atoms with Gasteiger partial charge < -0.3 is 4.74 Å². The van der Waals surface area contributed by atoms with Gasteiger partial charge in [-0.1, -0.05) is 39.7 Å². The van der Waals surface area contributed by atoms with Crippen molar-refractivity contribution < 1.29 is 4.74 Å². The van der Waals surface area contributed by atoms with Crippen LogP contribution in [0.15, 0.2) is 12.1 Å². The zero-order valence-electron chi connectivity index (χ0n) is 10.8. The molecule has 0 radical (unpaired) electrons. The third-order valence-corrected chi connectivity index (χ3v) is 2.77. The van der Waals surface area contributed by atoms with Gasteiger partial charge in [0.25, 0.3) is 0 Å². The molecular formula is C15H20O. The second-order valence-corrected chi connectivity index (χ2v) is 4.96. The molecule has 1 rings (SSSR count). The zero-order valence-corrected chi connectivity index (χ0v) is 10.8. The Labute approximate surface area is 98.8 Å². The molecule has 0 atom stereocenters. The van der Waals surface area contributed by atoms with Crippen molar-refractivity contribution in [1.29, 1.82) is 0 Å². The van der Waals surface area contributed by atoms with Crippen LogP contribution in [0.2, 0.25) is 0 Å². The van der Waals surface area contributed by atoms with Crippen molar-refractivity contribution in [2.45, 2.75) is 39.5 Å². The number of benzene rings is 1. The fraction of sp³-hybridized carbons (Fsp3) is 0.467. The molecule has 0 aromatic heterocycles. The van der Waals surface area contributed by atoms with Gasteiger partial charge in [-0.05, 0) is 29.0 Å². The lowest BCUT2D eigenvalue weighted by molar-refractivity contribution is 0.408. The van der Waals surface area contributed by atoms with E-state index in [9.17, 15) is 0 Å². The maximum atomic E-state index is 5.53. The molecule has 0 aliphatic rings. The molecule has 0 amide bonds. The summed E-state index contributed by atoms with van der Waals surface area (Å²) in [4.78, 5) is 0. The molecule has 0 N–H and O–H groups in total. The predicted molar refractivity (Wildman–Crippen MR) is 69.0 cm³/mol. The lowest BCUT2D eigenvalue weighted by Gasteiger charge is -2.22. The second kappa shape index (κ2) is 4.61. The lowest BCUT2D eigenvalue weighted by Crippen LogP contribution is -2.12. The Balaban J connectivity index is 3.45. The van der Waals surface area contributed by atoms with E-state index in [-0.39, 0.29) is 5.41 Å². The third-order valence-electron chi connectivity index (χ3n) is 2.77. The van der Waals surface area contributed by atoms with Crippen LogP contribution in [0.25, 0.3) is 0 Å². The summed E-state index contributed by atoms with van der Waals surface area (Å²) in [5, 5.41) is 0. The number of methoxy groups -OCH3 is 1. The first-order valence-corrected chi connectivity index (χ1v) is 5.62. The zero-order chi connectivity index (χ0) is 12.3. The minimum Gasteiger partial charge on any atom is -0.495 e. The standard InChI is InChI=1S/C15H20O/c1-7-11-9-13(15(3,4)5)10-12(8-2)14(11)16-6/h1,9-10H,8H2,2-6H3. The van der Waals surface area contributed by atoms with Gasteiger partial charge in [0.15, 0.2) is 0 Å². The SMILES string of the molecule is C#Cc1cc(C(C)(C)C)cc(CC)c1OC. The maximum absolute atomic E-state index is 5.53. The van der Waals surface area contributed by atoms with Gasteiger partial charge in [-0.2, -0.15) is 0 Å². The number of terminal acetylenes is 1. The van der Waals surface area contributed by atoms with Crippen molar-refractivity contribution in [2.75, 3.05) is 7.11 Å². The maximum Gasteiger partial charge on any atom is 0.137 e. The number of ether oxygens (including phenoxy) is 1. The molecule has 16 heavy (non-hydrogen) atoms. The van der Waals surface area contributed by atoms with Crippen molar-refractivity contribution in [3.05, 3.63) is 28.8 Å². The van der Waals surface area contributed by atoms with Crippen LogP contribution in [0.5, 0.6) is 5.75 Å². The monoisotopic (exact) mass is 216 g/mol. The van der Waals surface area contributed by atoms with E-state index in [0.29, 0.717) is 0 Å². The molecule has 0 fully saturated rings. The van der Waals surface area contributed by atoms with Crippen LogP contribution in [-0.4, -0.2) is 7.11 Å². The van der Waals surface area contributed by atoms with Crippen molar-refractivity contribution >= 4 is 0 Å². The summed E-state index contributed by atoms with van der Waals surface area (Å²) in [6.07, 6.45) is 6.46. The summed E-state index contributed by atoms with van der Waals surface area (Å²) in [7, 11) is 1.67. The van der Waals surface area contributed by atoms with Crippen LogP contribution in [0.4, 0.5) is 0 Å². The molecule has 1 nitrogen and oxygen atoms in total. The van der Waals surface area contributed by atoms with Crippen LogP contribution in [-0.2, 0) is 11.8 Å². The quantitative estimate of drug-likeness (QED) is 0.687. The van der Waals surface area contributed by atoms with E-state index in [0.717, 1.165) is 17.7 Å². The van der Waals surface area contributed by atoms with Crippen molar-refractivity contribution in [2.24, 2.45) is 0 Å². The van der Waals surface area contributed by atoms with Crippen molar-refractivity contribution in [1.82, 2.24) is 0 Å². The topological polar surface area (TPSA) is 9.23 Å². The molecule has 0 heterocycles. The number of hydrogen-bond donors (Lipinski definition) is 0. The first-order valence-electron chi connectivity index (χ1n) is 5.62. The van der Waals surface area contributed by atoms with Gasteiger partial charge in [-0.15, -0.1) is 6.42 Å². The largest absolute Gasteiger partial charge is 0.495 e. The van der Waals surface area contributed by atoms with Crippen LogP contribution >= 0.6 is 0 Å². The highest BCUT2D eigenvalue weighted by Gasteiger charge is 2.17. The molecule has 0 spiro atoms. The highest BCUT2D eigenvalue weighted by atomic mass is 16.5. The fourth-order valence-corrected chi connectivity index (χ4v) is 1.73. The number of rotatable bonds is 2. The Hall–Kier alpha value is -1.42. The molecule has 0 aliphatic carbocycles. The molecule has 1 heteroatoms. The Morgan fingerprint density at radius 3 is 2.31 bits per heavy atom. The fourth-order valence-electron chi connectivity index (χ4n) is 1.73. The molecule has 1 aromatic carbocycles. The van der Waals surface area contributed by atoms with E-state index < -0.39 is 0 Å². The summed E-state index contributed by atoms with van der Waals surface area (Å²) < 4.78 is 5.38. The summed E-state index contributed by atoms with van der Waals surface area (Å²) in [5.74, 6) is 3.55. The Kier molecular flexibility index (Phi) is 3.65. The number of aryl methyl sites for hydroxylation is 1. The van der Waals surface area contributed by atoms with Gasteiger partial charge in [0.1, 0.15) is 5.75 Å². The van der Waals surface area contributed by atoms with Gasteiger partial charge in [-0.3, -0.25) is 0 Å². The summed E-state index contributed by atoms with van der Waals surface area (Å²) in [6, 6.07) is 4.25. The summed E-state index contributed by atoms with van der Waals surface area (Å²) in [6.45, 7) is 8.68. The van der Waals surface area contributed by atoms with Crippen LogP contribution in [0, 0.1) is 12.3 Å². The molecule has 1 aromatic rings. The van der Waals surface area contributed by atoms with Crippen molar-refractivity contribution in [3.8, 4) is 18.1 Å². The van der Waals surface area contributed by atoms with Gasteiger partial charge in [-0.25, -0.2) is 0 Å². The third kappa shape index (κ3) is 2.39. The van der Waals surface area contributed by atoms with E-state index in [4.69, 9.17) is 11.2 Å². The number of hydrogen-bond acceptors (Lipinski definition) is 1. The van der Waals surface area contributed by atoms with E-state index in [1.54, 1.807) is 7.11 Å². The lowest BCUT2D eigenvalue weighted by atomic mass is 9.84. The molecule has 0 bridgehead atoms. The highest BCUT2D eigenvalue weighted by Crippen LogP contribution is 2.31. The van der Waals surface area contributed by atoms with Gasteiger partial charge in [0, 0.05) is 0 Å². The van der Waals surface area contributed by atoms with Crippen molar-refractivity contribution in [3.63, 3.8) is 0 Å². The molecule has 0 saturated heterocycles. The highest BCUT2D eigenvalue weighted by molar-refractivity contribution is 5.53. The summed E-state index contributed by atoms with van der Waals surface area (Å²) in [5.41, 5.74) is 3.41. The normalized spacial score (nSPS) is 11.0. The molecule has 0 aliphatic heterocycles. The minimum absolute atomic E-state index is 0.113. The van der Waals surface area contributed by atoms with Gasteiger partial charge >= 0.3 is 0 Å². The van der Waals surface area contributed by atoms with E-state index in [1.807, 2.05) is 0 Å². The second-order valence-electron chi connectivity index (χ2n) is 4.96. The first kappa shape index (κ1) is 12.6. The minimum atomic E-state index is 0.113. The predicted octanol–water partition coefficient (Wildman–Crippen LogP) is 3.54. The van der Waals surface area contributed by atoms with E-state index >= 15 is 0 Å². The molecule has 0 unspecified atom stereocenters. The smallest absolute Gasteiger partial charge is 0.137 e. The molecule has 86 valence electrons. The van der Waals surface area contributed by atoms with Gasteiger partial charge in [0.2, 0.25) is 0 Å². The molecule has 0 saturated carbocycles. The average molecular weight is 216 g/mol. The average Bonchev–Trinajstić information content (AvgIpc) is 2.25. The van der Waals surface area contributed by atoms with Crippen LogP contribution in [0.3, 0.4) is 0 Å². The van der Waals surface area contributed by atoms with Gasteiger partial charge in [0.05, 0.1) is 12.7 Å². The molecular weight excluding hydrogens is 196 g/mol. The Bertz CT molecular complexity index is 416.